The molecular weight excluding hydrogens is 368 g/mol. The number of aryl methyl sites for hydroxylation is 1. The third kappa shape index (κ3) is 5.62. The van der Waals surface area contributed by atoms with Gasteiger partial charge in [0, 0.05) is 12.1 Å². The molecule has 2 aromatic rings. The zero-order valence-corrected chi connectivity index (χ0v) is 16.6. The number of hydrogen-bond donors (Lipinski definition) is 1. The van der Waals surface area contributed by atoms with Crippen molar-refractivity contribution in [1.82, 2.24) is 4.90 Å². The van der Waals surface area contributed by atoms with Crippen molar-refractivity contribution in [2.45, 2.75) is 13.8 Å². The summed E-state index contributed by atoms with van der Waals surface area (Å²) < 4.78 is 10.8. The lowest BCUT2D eigenvalue weighted by Crippen LogP contribution is -2.37. The number of nitrogens with one attached hydrogen (secondary N) is 1. The van der Waals surface area contributed by atoms with Crippen molar-refractivity contribution >= 4 is 29.1 Å². The summed E-state index contributed by atoms with van der Waals surface area (Å²) in [6, 6.07) is 10.6. The molecule has 0 bridgehead atoms. The molecule has 0 unspecified atom stereocenters. The number of carbonyl (C=O) groups is 2. The largest absolute Gasteiger partial charge is 0.495 e. The first-order valence-electron chi connectivity index (χ1n) is 8.38. The molecule has 0 radical (unpaired) electrons. The Bertz CT molecular complexity index is 839. The molecule has 0 heterocycles. The molecule has 0 spiro atoms. The molecule has 1 N–H and O–H groups in total. The lowest BCUT2D eigenvalue weighted by Gasteiger charge is -2.18. The molecule has 0 aliphatic heterocycles. The summed E-state index contributed by atoms with van der Waals surface area (Å²) in [5.74, 6) is 0.479. The quantitative estimate of drug-likeness (QED) is 0.786. The minimum Gasteiger partial charge on any atom is -0.495 e. The van der Waals surface area contributed by atoms with Crippen molar-refractivity contribution in [3.8, 4) is 11.5 Å². The van der Waals surface area contributed by atoms with E-state index in [0.29, 0.717) is 22.2 Å². The average Bonchev–Trinajstić information content (AvgIpc) is 2.62. The van der Waals surface area contributed by atoms with E-state index < -0.39 is 0 Å². The lowest BCUT2D eigenvalue weighted by molar-refractivity contribution is -0.135. The molecule has 2 aromatic carbocycles. The van der Waals surface area contributed by atoms with Gasteiger partial charge in [0.2, 0.25) is 5.91 Å². The second-order valence-corrected chi connectivity index (χ2v) is 6.57. The van der Waals surface area contributed by atoms with Crippen LogP contribution < -0.4 is 14.8 Å². The van der Waals surface area contributed by atoms with Crippen LogP contribution in [0.15, 0.2) is 36.4 Å². The number of anilines is 1. The molecule has 0 aliphatic rings. The molecule has 0 aromatic heterocycles. The first-order chi connectivity index (χ1) is 12.8. The third-order valence-electron chi connectivity index (χ3n) is 4.15. The number of benzene rings is 2. The fourth-order valence-corrected chi connectivity index (χ4v) is 2.57. The Morgan fingerprint density at radius 3 is 2.59 bits per heavy atom. The van der Waals surface area contributed by atoms with Gasteiger partial charge in [-0.25, -0.2) is 0 Å². The van der Waals surface area contributed by atoms with Crippen molar-refractivity contribution in [3.05, 3.63) is 52.5 Å². The number of hydrogen-bond acceptors (Lipinski definition) is 4. The van der Waals surface area contributed by atoms with Gasteiger partial charge in [-0.2, -0.15) is 0 Å². The number of halogens is 1. The van der Waals surface area contributed by atoms with Gasteiger partial charge in [-0.3, -0.25) is 9.59 Å². The van der Waals surface area contributed by atoms with Crippen LogP contribution in [-0.4, -0.2) is 44.0 Å². The molecule has 2 amide bonds. The summed E-state index contributed by atoms with van der Waals surface area (Å²) in [7, 11) is 3.04. The van der Waals surface area contributed by atoms with Crippen molar-refractivity contribution in [3.63, 3.8) is 0 Å². The monoisotopic (exact) mass is 390 g/mol. The molecular formula is C20H23ClN2O4. The number of ether oxygens (including phenoxy) is 2. The zero-order chi connectivity index (χ0) is 20.0. The van der Waals surface area contributed by atoms with Crippen LogP contribution in [-0.2, 0) is 9.59 Å². The average molecular weight is 391 g/mol. The number of carbonyl (C=O) groups excluding carboxylic acids is 2. The predicted octanol–water partition coefficient (Wildman–Crippen LogP) is 3.44. The number of nitrogens with zero attached hydrogens (tertiary/aromatic N) is 1. The van der Waals surface area contributed by atoms with Crippen LogP contribution in [0.5, 0.6) is 11.5 Å². The van der Waals surface area contributed by atoms with E-state index in [9.17, 15) is 9.59 Å². The van der Waals surface area contributed by atoms with Crippen LogP contribution >= 0.6 is 11.6 Å². The second-order valence-electron chi connectivity index (χ2n) is 6.13. The first-order valence-corrected chi connectivity index (χ1v) is 8.76. The fourth-order valence-electron chi connectivity index (χ4n) is 2.40. The summed E-state index contributed by atoms with van der Waals surface area (Å²) in [4.78, 5) is 25.8. The SMILES string of the molecule is COc1ccc(Cl)cc1NC(=O)CN(C)C(=O)COc1cccc(C)c1C. The van der Waals surface area contributed by atoms with Crippen LogP contribution in [0, 0.1) is 13.8 Å². The van der Waals surface area contributed by atoms with Gasteiger partial charge in [-0.05, 0) is 49.2 Å². The van der Waals surface area contributed by atoms with E-state index in [0.717, 1.165) is 11.1 Å². The normalized spacial score (nSPS) is 10.3. The van der Waals surface area contributed by atoms with Crippen molar-refractivity contribution in [1.29, 1.82) is 0 Å². The van der Waals surface area contributed by atoms with Gasteiger partial charge in [0.1, 0.15) is 11.5 Å². The van der Waals surface area contributed by atoms with Gasteiger partial charge in [0.05, 0.1) is 19.3 Å². The Morgan fingerprint density at radius 1 is 1.15 bits per heavy atom. The summed E-state index contributed by atoms with van der Waals surface area (Å²) in [6.07, 6.45) is 0. The van der Waals surface area contributed by atoms with E-state index >= 15 is 0 Å². The molecule has 0 aliphatic carbocycles. The van der Waals surface area contributed by atoms with Crippen molar-refractivity contribution in [2.75, 3.05) is 32.6 Å². The Hall–Kier alpha value is -2.73. The third-order valence-corrected chi connectivity index (χ3v) is 4.38. The van der Waals surface area contributed by atoms with E-state index in [1.807, 2.05) is 32.0 Å². The highest BCUT2D eigenvalue weighted by Crippen LogP contribution is 2.27. The van der Waals surface area contributed by atoms with Gasteiger partial charge in [-0.15, -0.1) is 0 Å². The van der Waals surface area contributed by atoms with Crippen LogP contribution in [0.2, 0.25) is 5.02 Å². The molecule has 27 heavy (non-hydrogen) atoms. The molecule has 7 heteroatoms. The summed E-state index contributed by atoms with van der Waals surface area (Å²) in [6.45, 7) is 3.65. The highest BCUT2D eigenvalue weighted by molar-refractivity contribution is 6.31. The Labute approximate surface area is 164 Å². The van der Waals surface area contributed by atoms with Gasteiger partial charge < -0.3 is 19.7 Å². The Balaban J connectivity index is 1.91. The first kappa shape index (κ1) is 20.6. The Morgan fingerprint density at radius 2 is 1.89 bits per heavy atom. The van der Waals surface area contributed by atoms with Crippen LogP contribution in [0.4, 0.5) is 5.69 Å². The maximum absolute atomic E-state index is 12.3. The number of rotatable bonds is 7. The van der Waals surface area contributed by atoms with Gasteiger partial charge in [-0.1, -0.05) is 23.7 Å². The highest BCUT2D eigenvalue weighted by Gasteiger charge is 2.16. The maximum atomic E-state index is 12.3. The van der Waals surface area contributed by atoms with Crippen LogP contribution in [0.1, 0.15) is 11.1 Å². The van der Waals surface area contributed by atoms with Crippen molar-refractivity contribution in [2.24, 2.45) is 0 Å². The fraction of sp³-hybridized carbons (Fsp3) is 0.300. The summed E-state index contributed by atoms with van der Waals surface area (Å²) >= 11 is 5.95. The van der Waals surface area contributed by atoms with Crippen LogP contribution in [0.3, 0.4) is 0 Å². The van der Waals surface area contributed by atoms with E-state index in [4.69, 9.17) is 21.1 Å². The van der Waals surface area contributed by atoms with E-state index in [2.05, 4.69) is 5.32 Å². The molecule has 0 saturated heterocycles. The predicted molar refractivity (Wildman–Crippen MR) is 106 cm³/mol. The highest BCUT2D eigenvalue weighted by atomic mass is 35.5. The smallest absolute Gasteiger partial charge is 0.260 e. The number of amides is 2. The van der Waals surface area contributed by atoms with Gasteiger partial charge in [0.15, 0.2) is 6.61 Å². The van der Waals surface area contributed by atoms with Gasteiger partial charge >= 0.3 is 0 Å². The summed E-state index contributed by atoms with van der Waals surface area (Å²) in [5.41, 5.74) is 2.52. The van der Waals surface area contributed by atoms with Crippen LogP contribution in [0.25, 0.3) is 0 Å². The zero-order valence-electron chi connectivity index (χ0n) is 15.8. The molecule has 2 rings (SSSR count). The molecule has 6 nitrogen and oxygen atoms in total. The van der Waals surface area contributed by atoms with E-state index in [1.165, 1.54) is 12.0 Å². The molecule has 0 atom stereocenters. The molecule has 0 saturated carbocycles. The molecule has 144 valence electrons. The Kier molecular flexibility index (Phi) is 7.07. The lowest BCUT2D eigenvalue weighted by atomic mass is 10.1. The number of likely N-dealkylation sites (N-methyl/N-ethyl adjacent to an activating group) is 1. The standard InChI is InChI=1S/C20H23ClN2O4/c1-13-6-5-7-17(14(13)2)27-12-20(25)23(3)11-19(24)22-16-10-15(21)8-9-18(16)26-4/h5-10H,11-12H2,1-4H3,(H,22,24). The molecule has 0 fully saturated rings. The van der Waals surface area contributed by atoms with E-state index in [-0.39, 0.29) is 25.0 Å². The second kappa shape index (κ2) is 9.28. The van der Waals surface area contributed by atoms with Gasteiger partial charge in [0.25, 0.3) is 5.91 Å². The number of methoxy groups -OCH3 is 1. The maximum Gasteiger partial charge on any atom is 0.260 e. The van der Waals surface area contributed by atoms with Crippen molar-refractivity contribution < 1.29 is 19.1 Å². The minimum absolute atomic E-state index is 0.120. The van der Waals surface area contributed by atoms with E-state index in [1.54, 1.807) is 25.2 Å². The summed E-state index contributed by atoms with van der Waals surface area (Å²) in [5, 5.41) is 3.17. The topological polar surface area (TPSA) is 67.9 Å². The minimum atomic E-state index is -0.363.